The molecule has 1 saturated heterocycles. The molecular formula is C9H20NOReS-. The number of hydrogen-bond donors (Lipinski definition) is 1. The summed E-state index contributed by atoms with van der Waals surface area (Å²) in [5, 5.41) is 3.50. The van der Waals surface area contributed by atoms with Crippen LogP contribution in [0.3, 0.4) is 0 Å². The Morgan fingerprint density at radius 1 is 1.23 bits per heavy atom. The van der Waals surface area contributed by atoms with Gasteiger partial charge in [0, 0.05) is 45.7 Å². The molecule has 0 unspecified atom stereocenters. The molecule has 1 rings (SSSR count). The quantitative estimate of drug-likeness (QED) is 0.735. The van der Waals surface area contributed by atoms with E-state index in [1.54, 1.807) is 6.26 Å². The molecule has 0 saturated carbocycles. The summed E-state index contributed by atoms with van der Waals surface area (Å²) in [6.07, 6.45) is 3.94. The summed E-state index contributed by atoms with van der Waals surface area (Å²) >= 11 is 4.08. The summed E-state index contributed by atoms with van der Waals surface area (Å²) in [7, 11) is 0. The second kappa shape index (κ2) is 11.0. The van der Waals surface area contributed by atoms with Crippen LogP contribution in [0.15, 0.2) is 0 Å². The van der Waals surface area contributed by atoms with E-state index in [2.05, 4.69) is 31.8 Å². The molecule has 0 aromatic heterocycles. The molecule has 0 aromatic rings. The Balaban J connectivity index is 0. The van der Waals surface area contributed by atoms with Crippen LogP contribution in [0.1, 0.15) is 26.7 Å². The van der Waals surface area contributed by atoms with Gasteiger partial charge in [-0.25, -0.2) is 0 Å². The third-order valence-electron chi connectivity index (χ3n) is 1.79. The normalized spacial score (nSPS) is 17.3. The van der Waals surface area contributed by atoms with E-state index < -0.39 is 0 Å². The van der Waals surface area contributed by atoms with Crippen LogP contribution in [-0.4, -0.2) is 31.6 Å². The van der Waals surface area contributed by atoms with Crippen LogP contribution in [0.25, 0.3) is 0 Å². The number of nitrogens with one attached hydrogen (secondary N) is 1. The summed E-state index contributed by atoms with van der Waals surface area (Å²) in [5.74, 6) is 0. The molecule has 2 nitrogen and oxygen atoms in total. The molecule has 81 valence electrons. The van der Waals surface area contributed by atoms with Crippen molar-refractivity contribution in [3.05, 3.63) is 0 Å². The zero-order valence-electron chi connectivity index (χ0n) is 8.68. The predicted octanol–water partition coefficient (Wildman–Crippen LogP) is 1.32. The molecule has 1 fully saturated rings. The maximum Gasteiger partial charge on any atom is 0.0480 e. The van der Waals surface area contributed by atoms with Crippen LogP contribution in [0.4, 0.5) is 0 Å². The van der Waals surface area contributed by atoms with E-state index in [0.29, 0.717) is 12.1 Å². The van der Waals surface area contributed by atoms with Crippen molar-refractivity contribution in [1.29, 1.82) is 0 Å². The van der Waals surface area contributed by atoms with Gasteiger partial charge in [0.25, 0.3) is 0 Å². The van der Waals surface area contributed by atoms with Crippen molar-refractivity contribution in [2.45, 2.75) is 38.8 Å². The Bertz CT molecular complexity index is 97.6. The van der Waals surface area contributed by atoms with E-state index in [1.807, 2.05) is 0 Å². The summed E-state index contributed by atoms with van der Waals surface area (Å²) in [6.45, 7) is 6.25. The average molecular weight is 377 g/mol. The van der Waals surface area contributed by atoms with Gasteiger partial charge in [-0.1, -0.05) is 13.8 Å². The van der Waals surface area contributed by atoms with Gasteiger partial charge in [-0.05, 0) is 12.8 Å². The zero-order chi connectivity index (χ0) is 9.40. The Kier molecular flexibility index (Phi) is 13.9. The molecular weight excluding hydrogens is 356 g/mol. The molecule has 1 aliphatic heterocycles. The van der Waals surface area contributed by atoms with Crippen molar-refractivity contribution >= 4 is 12.6 Å². The van der Waals surface area contributed by atoms with Crippen LogP contribution in [0, 0.1) is 0 Å². The third kappa shape index (κ3) is 9.24. The second-order valence-electron chi connectivity index (χ2n) is 3.21. The fourth-order valence-electron chi connectivity index (χ4n) is 1.34. The number of ether oxygens (including phenoxy) is 1. The van der Waals surface area contributed by atoms with Crippen LogP contribution in [0.2, 0.25) is 0 Å². The van der Waals surface area contributed by atoms with Gasteiger partial charge in [0.1, 0.15) is 0 Å². The summed E-state index contributed by atoms with van der Waals surface area (Å²) < 4.78 is 5.24. The van der Waals surface area contributed by atoms with E-state index >= 15 is 0 Å². The Morgan fingerprint density at radius 3 is 2.08 bits per heavy atom. The fourth-order valence-corrected chi connectivity index (χ4v) is 1.34. The topological polar surface area (TPSA) is 21.3 Å². The van der Waals surface area contributed by atoms with Crippen molar-refractivity contribution in [1.82, 2.24) is 5.32 Å². The van der Waals surface area contributed by atoms with Crippen LogP contribution < -0.4 is 5.32 Å². The first-order chi connectivity index (χ1) is 5.79. The molecule has 1 aliphatic rings. The van der Waals surface area contributed by atoms with Crippen molar-refractivity contribution in [3.63, 3.8) is 0 Å². The molecule has 0 bridgehead atoms. The largest absolute Gasteiger partial charge is 0.796 e. The predicted molar refractivity (Wildman–Crippen MR) is 55.4 cm³/mol. The van der Waals surface area contributed by atoms with E-state index in [9.17, 15) is 0 Å². The van der Waals surface area contributed by atoms with Gasteiger partial charge in [-0.15, -0.1) is 0 Å². The van der Waals surface area contributed by atoms with Crippen LogP contribution in [-0.2, 0) is 37.8 Å². The maximum absolute atomic E-state index is 5.24. The third-order valence-corrected chi connectivity index (χ3v) is 1.79. The van der Waals surface area contributed by atoms with E-state index in [4.69, 9.17) is 4.74 Å². The Labute approximate surface area is 101 Å². The average Bonchev–Trinajstić information content (AvgIpc) is 2.08. The minimum atomic E-state index is 0. The molecule has 0 spiro atoms. The van der Waals surface area contributed by atoms with Gasteiger partial charge in [0.15, 0.2) is 0 Å². The second-order valence-corrected chi connectivity index (χ2v) is 3.21. The fraction of sp³-hybridized carbons (Fsp3) is 1.00. The van der Waals surface area contributed by atoms with Crippen molar-refractivity contribution in [2.75, 3.05) is 19.5 Å². The zero-order valence-corrected chi connectivity index (χ0v) is 12.2. The first kappa shape index (κ1) is 16.4. The first-order valence-electron chi connectivity index (χ1n) is 4.53. The van der Waals surface area contributed by atoms with Crippen molar-refractivity contribution < 1.29 is 25.2 Å². The summed E-state index contributed by atoms with van der Waals surface area (Å²) in [4.78, 5) is 0. The molecule has 0 atom stereocenters. The van der Waals surface area contributed by atoms with Gasteiger partial charge >= 0.3 is 0 Å². The van der Waals surface area contributed by atoms with Gasteiger partial charge in [0.05, 0.1) is 0 Å². The minimum absolute atomic E-state index is 0. The SMILES string of the molecule is CC(C)NC1CCOCC1.C[S-].[Re]. The summed E-state index contributed by atoms with van der Waals surface area (Å²) in [5.41, 5.74) is 0. The first-order valence-corrected chi connectivity index (χ1v) is 5.35. The standard InChI is InChI=1S/C8H17NO.CH4S.Re/c1-7(2)9-8-3-5-10-6-4-8;1-2;/h7-9H,3-6H2,1-2H3;2H,1H3;/p-1. The van der Waals surface area contributed by atoms with Crippen molar-refractivity contribution in [2.24, 2.45) is 0 Å². The van der Waals surface area contributed by atoms with Gasteiger partial charge in [-0.2, -0.15) is 6.26 Å². The monoisotopic (exact) mass is 377 g/mol. The molecule has 1 N–H and O–H groups in total. The maximum atomic E-state index is 5.24. The van der Waals surface area contributed by atoms with Crippen LogP contribution >= 0.6 is 0 Å². The number of hydrogen-bond acceptors (Lipinski definition) is 3. The molecule has 0 aromatic carbocycles. The number of rotatable bonds is 2. The van der Waals surface area contributed by atoms with Gasteiger partial charge in [-0.3, -0.25) is 0 Å². The van der Waals surface area contributed by atoms with E-state index in [0.717, 1.165) is 13.2 Å². The smallest absolute Gasteiger partial charge is 0.0480 e. The molecule has 4 heteroatoms. The Morgan fingerprint density at radius 2 is 1.69 bits per heavy atom. The van der Waals surface area contributed by atoms with E-state index in [-0.39, 0.29) is 20.4 Å². The molecule has 13 heavy (non-hydrogen) atoms. The molecule has 1 heterocycles. The van der Waals surface area contributed by atoms with Crippen LogP contribution in [0.5, 0.6) is 0 Å². The van der Waals surface area contributed by atoms with Gasteiger partial charge < -0.3 is 22.7 Å². The molecule has 0 aliphatic carbocycles. The van der Waals surface area contributed by atoms with E-state index in [1.165, 1.54) is 12.8 Å². The molecule has 0 amide bonds. The minimum Gasteiger partial charge on any atom is -0.796 e. The van der Waals surface area contributed by atoms with Gasteiger partial charge in [0.2, 0.25) is 0 Å². The molecule has 1 radical (unpaired) electrons. The Hall–Kier alpha value is 0.932. The van der Waals surface area contributed by atoms with Crippen molar-refractivity contribution in [3.8, 4) is 0 Å². The summed E-state index contributed by atoms with van der Waals surface area (Å²) in [6, 6.07) is 1.32.